The molecule has 0 saturated heterocycles. The largest absolute Gasteiger partial charge is 0.416 e. The number of hydrogen-bond acceptors (Lipinski definition) is 2. The highest BCUT2D eigenvalue weighted by Gasteiger charge is 2.30. The van der Waals surface area contributed by atoms with Gasteiger partial charge in [0.25, 0.3) is 5.91 Å². The highest BCUT2D eigenvalue weighted by molar-refractivity contribution is 6.30. The number of anilines is 1. The van der Waals surface area contributed by atoms with Gasteiger partial charge in [-0.15, -0.1) is 0 Å². The number of carbonyl (C=O) groups is 1. The summed E-state index contributed by atoms with van der Waals surface area (Å²) < 4.78 is 37.8. The molecule has 2 rings (SSSR count). The fourth-order valence-corrected chi connectivity index (χ4v) is 1.77. The van der Waals surface area contributed by atoms with E-state index in [1.807, 2.05) is 0 Å². The number of amides is 1. The Morgan fingerprint density at radius 2 is 2.00 bits per heavy atom. The number of nitrogens with one attached hydrogen (secondary N) is 1. The van der Waals surface area contributed by atoms with Gasteiger partial charge in [-0.25, -0.2) is 4.98 Å². The van der Waals surface area contributed by atoms with Crippen LogP contribution >= 0.6 is 11.6 Å². The molecule has 0 aliphatic carbocycles. The van der Waals surface area contributed by atoms with Gasteiger partial charge in [0, 0.05) is 5.56 Å². The van der Waals surface area contributed by atoms with E-state index < -0.39 is 17.6 Å². The molecule has 0 spiro atoms. The van der Waals surface area contributed by atoms with Gasteiger partial charge >= 0.3 is 6.18 Å². The van der Waals surface area contributed by atoms with Crippen molar-refractivity contribution in [1.29, 1.82) is 0 Å². The van der Waals surface area contributed by atoms with Crippen LogP contribution in [0.1, 0.15) is 21.5 Å². The number of hydrogen-bond donors (Lipinski definition) is 1. The van der Waals surface area contributed by atoms with Gasteiger partial charge in [-0.2, -0.15) is 13.2 Å². The molecule has 0 aliphatic rings. The second-order valence-corrected chi connectivity index (χ2v) is 4.72. The van der Waals surface area contributed by atoms with E-state index in [9.17, 15) is 18.0 Å². The molecule has 0 fully saturated rings. The van der Waals surface area contributed by atoms with Crippen LogP contribution in [-0.4, -0.2) is 10.9 Å². The molecule has 0 saturated carbocycles. The lowest BCUT2D eigenvalue weighted by atomic mass is 10.1. The molecule has 1 N–H and O–H groups in total. The zero-order chi connectivity index (χ0) is 15.6. The molecule has 1 amide bonds. The van der Waals surface area contributed by atoms with E-state index in [1.54, 1.807) is 13.0 Å². The number of carbonyl (C=O) groups excluding carboxylic acids is 1. The zero-order valence-electron chi connectivity index (χ0n) is 10.8. The normalized spacial score (nSPS) is 11.3. The maximum absolute atomic E-state index is 12.6. The summed E-state index contributed by atoms with van der Waals surface area (Å²) >= 11 is 5.76. The predicted octanol–water partition coefficient (Wildman–Crippen LogP) is 4.31. The Kier molecular flexibility index (Phi) is 4.18. The highest BCUT2D eigenvalue weighted by Crippen LogP contribution is 2.29. The van der Waals surface area contributed by atoms with Crippen LogP contribution in [0.5, 0.6) is 0 Å². The number of aromatic nitrogens is 1. The number of alkyl halides is 3. The van der Waals surface area contributed by atoms with E-state index in [1.165, 1.54) is 18.3 Å². The lowest BCUT2D eigenvalue weighted by Crippen LogP contribution is -2.14. The van der Waals surface area contributed by atoms with Crippen molar-refractivity contribution < 1.29 is 18.0 Å². The van der Waals surface area contributed by atoms with Crippen LogP contribution in [0.25, 0.3) is 0 Å². The maximum atomic E-state index is 12.6. The van der Waals surface area contributed by atoms with E-state index in [-0.39, 0.29) is 5.56 Å². The Morgan fingerprint density at radius 3 is 2.62 bits per heavy atom. The summed E-state index contributed by atoms with van der Waals surface area (Å²) in [5.41, 5.74) is 0.0517. The van der Waals surface area contributed by atoms with Gasteiger partial charge in [0.15, 0.2) is 0 Å². The zero-order valence-corrected chi connectivity index (χ0v) is 11.6. The van der Waals surface area contributed by atoms with Gasteiger partial charge in [0.05, 0.1) is 17.4 Å². The fraction of sp³-hybridized carbons (Fsp3) is 0.143. The molecule has 1 aromatic carbocycles. The molecule has 1 aromatic heterocycles. The van der Waals surface area contributed by atoms with Crippen LogP contribution in [-0.2, 0) is 6.18 Å². The van der Waals surface area contributed by atoms with Gasteiger partial charge in [0.1, 0.15) is 5.15 Å². The average Bonchev–Trinajstić information content (AvgIpc) is 2.42. The van der Waals surface area contributed by atoms with Crippen LogP contribution in [0.15, 0.2) is 36.5 Å². The van der Waals surface area contributed by atoms with Crippen LogP contribution in [0, 0.1) is 6.92 Å². The van der Waals surface area contributed by atoms with Gasteiger partial charge in [0.2, 0.25) is 0 Å². The minimum Gasteiger partial charge on any atom is -0.321 e. The average molecular weight is 315 g/mol. The smallest absolute Gasteiger partial charge is 0.321 e. The first-order valence-electron chi connectivity index (χ1n) is 5.88. The number of benzene rings is 1. The molecular weight excluding hydrogens is 305 g/mol. The summed E-state index contributed by atoms with van der Waals surface area (Å²) in [6, 6.07) is 5.78. The number of aryl methyl sites for hydroxylation is 1. The Hall–Kier alpha value is -2.08. The molecule has 0 aliphatic heterocycles. The first-order chi connectivity index (χ1) is 9.77. The van der Waals surface area contributed by atoms with Gasteiger partial charge < -0.3 is 5.32 Å². The topological polar surface area (TPSA) is 42.0 Å². The summed E-state index contributed by atoms with van der Waals surface area (Å²) in [6.07, 6.45) is -3.16. The van der Waals surface area contributed by atoms with Crippen LogP contribution < -0.4 is 5.32 Å². The molecule has 2 aromatic rings. The van der Waals surface area contributed by atoms with Crippen molar-refractivity contribution in [3.05, 3.63) is 58.4 Å². The maximum Gasteiger partial charge on any atom is 0.416 e. The Labute approximate surface area is 123 Å². The van der Waals surface area contributed by atoms with Crippen molar-refractivity contribution in [1.82, 2.24) is 4.98 Å². The molecule has 21 heavy (non-hydrogen) atoms. The third kappa shape index (κ3) is 3.72. The first kappa shape index (κ1) is 15.3. The quantitative estimate of drug-likeness (QED) is 0.839. The van der Waals surface area contributed by atoms with Crippen LogP contribution in [0.3, 0.4) is 0 Å². The Morgan fingerprint density at radius 1 is 1.29 bits per heavy atom. The van der Waals surface area contributed by atoms with Crippen molar-refractivity contribution >= 4 is 23.2 Å². The van der Waals surface area contributed by atoms with Crippen molar-refractivity contribution in [3.8, 4) is 0 Å². The van der Waals surface area contributed by atoms with Crippen molar-refractivity contribution in [2.24, 2.45) is 0 Å². The fourth-order valence-electron chi connectivity index (χ4n) is 1.67. The van der Waals surface area contributed by atoms with Crippen LogP contribution in [0.2, 0.25) is 5.15 Å². The SMILES string of the molecule is Cc1cc(NC(=O)c2cccc(C(F)(F)F)c2)cnc1Cl. The predicted molar refractivity (Wildman–Crippen MR) is 73.4 cm³/mol. The van der Waals surface area contributed by atoms with Crippen molar-refractivity contribution in [2.45, 2.75) is 13.1 Å². The third-order valence-corrected chi connectivity index (χ3v) is 3.12. The molecular formula is C14H10ClF3N2O. The minimum atomic E-state index is -4.49. The lowest BCUT2D eigenvalue weighted by Gasteiger charge is -2.09. The number of halogens is 4. The number of nitrogens with zero attached hydrogens (tertiary/aromatic N) is 1. The monoisotopic (exact) mass is 314 g/mol. The molecule has 0 bridgehead atoms. The Bertz CT molecular complexity index is 686. The van der Waals surface area contributed by atoms with E-state index in [0.29, 0.717) is 16.4 Å². The minimum absolute atomic E-state index is 0.0857. The number of rotatable bonds is 2. The molecule has 3 nitrogen and oxygen atoms in total. The molecule has 0 unspecified atom stereocenters. The summed E-state index contributed by atoms with van der Waals surface area (Å²) in [5.74, 6) is -0.648. The highest BCUT2D eigenvalue weighted by atomic mass is 35.5. The number of pyridine rings is 1. The summed E-state index contributed by atoms with van der Waals surface area (Å²) in [5, 5.41) is 2.78. The van der Waals surface area contributed by atoms with Gasteiger partial charge in [-0.3, -0.25) is 4.79 Å². The second kappa shape index (κ2) is 5.73. The van der Waals surface area contributed by atoms with E-state index in [2.05, 4.69) is 10.3 Å². The van der Waals surface area contributed by atoms with E-state index >= 15 is 0 Å². The van der Waals surface area contributed by atoms with Gasteiger partial charge in [-0.05, 0) is 36.8 Å². The van der Waals surface area contributed by atoms with E-state index in [4.69, 9.17) is 11.6 Å². The summed E-state index contributed by atoms with van der Waals surface area (Å²) in [4.78, 5) is 15.8. The molecule has 110 valence electrons. The molecule has 7 heteroatoms. The molecule has 1 heterocycles. The summed E-state index contributed by atoms with van der Waals surface area (Å²) in [7, 11) is 0. The molecule has 0 atom stereocenters. The van der Waals surface area contributed by atoms with Crippen molar-refractivity contribution in [2.75, 3.05) is 5.32 Å². The van der Waals surface area contributed by atoms with Crippen LogP contribution in [0.4, 0.5) is 18.9 Å². The second-order valence-electron chi connectivity index (χ2n) is 4.36. The van der Waals surface area contributed by atoms with E-state index in [0.717, 1.165) is 12.1 Å². The van der Waals surface area contributed by atoms with Gasteiger partial charge in [-0.1, -0.05) is 17.7 Å². The lowest BCUT2D eigenvalue weighted by molar-refractivity contribution is -0.137. The molecule has 0 radical (unpaired) electrons. The summed E-state index contributed by atoms with van der Waals surface area (Å²) in [6.45, 7) is 1.70. The first-order valence-corrected chi connectivity index (χ1v) is 6.26. The third-order valence-electron chi connectivity index (χ3n) is 2.72. The Balaban J connectivity index is 2.22. The van der Waals surface area contributed by atoms with Crippen molar-refractivity contribution in [3.63, 3.8) is 0 Å². The standard InChI is InChI=1S/C14H10ClF3N2O/c1-8-5-11(7-19-12(8)15)20-13(21)9-3-2-4-10(6-9)14(16,17)18/h2-7H,1H3,(H,20,21).